The Kier molecular flexibility index (Phi) is 9.19. The van der Waals surface area contributed by atoms with Crippen LogP contribution in [0, 0.1) is 0 Å². The van der Waals surface area contributed by atoms with Crippen molar-refractivity contribution >= 4 is 0 Å². The summed E-state index contributed by atoms with van der Waals surface area (Å²) in [6.07, 6.45) is 10.6. The van der Waals surface area contributed by atoms with E-state index in [1.807, 2.05) is 0 Å². The number of hydrogen-bond donors (Lipinski definition) is 3. The van der Waals surface area contributed by atoms with Gasteiger partial charge in [0.1, 0.15) is 0 Å². The fourth-order valence-electron chi connectivity index (χ4n) is 2.72. The van der Waals surface area contributed by atoms with Crippen LogP contribution < -0.4 is 9.78 Å². The molecule has 116 valence electrons. The van der Waals surface area contributed by atoms with E-state index in [4.69, 9.17) is 0 Å². The van der Waals surface area contributed by atoms with E-state index in [1.165, 1.54) is 19.3 Å². The van der Waals surface area contributed by atoms with Gasteiger partial charge in [0.2, 0.25) is 0 Å². The van der Waals surface area contributed by atoms with Gasteiger partial charge in [-0.05, 0) is 0 Å². The molecule has 3 nitrogen and oxygen atoms in total. The monoisotopic (exact) mass is 357 g/mol. The maximum absolute atomic E-state index is 3.95. The first-order valence-electron chi connectivity index (χ1n) is 8.38. The van der Waals surface area contributed by atoms with Gasteiger partial charge in [0.15, 0.2) is 0 Å². The quantitative estimate of drug-likeness (QED) is 0.529. The minimum atomic E-state index is -2.82. The van der Waals surface area contributed by atoms with Crippen molar-refractivity contribution in [3.8, 4) is 0 Å². The summed E-state index contributed by atoms with van der Waals surface area (Å²) in [5, 5.41) is 0. The van der Waals surface area contributed by atoms with Crippen LogP contribution in [0.2, 0.25) is 0 Å². The molecule has 0 aromatic carbocycles. The van der Waals surface area contributed by atoms with E-state index in [-0.39, 0.29) is 0 Å². The van der Waals surface area contributed by atoms with Gasteiger partial charge in [-0.2, -0.15) is 0 Å². The number of rotatable bonds is 11. The van der Waals surface area contributed by atoms with Crippen LogP contribution in [0.1, 0.15) is 59.8 Å². The molecule has 0 unspecified atom stereocenters. The van der Waals surface area contributed by atoms with Gasteiger partial charge < -0.3 is 0 Å². The third kappa shape index (κ3) is 4.91. The molecule has 0 radical (unpaired) electrons. The van der Waals surface area contributed by atoms with Crippen molar-refractivity contribution in [3.05, 3.63) is 21.0 Å². The molecular weight excluding hydrogens is 325 g/mol. The molecule has 0 aliphatic heterocycles. The molecule has 1 rings (SSSR count). The second-order valence-corrected chi connectivity index (χ2v) is 13.3. The molecule has 4 heteroatoms. The van der Waals surface area contributed by atoms with E-state index in [2.05, 4.69) is 49.6 Å². The fourth-order valence-corrected chi connectivity index (χ4v) is 12.7. The molecule has 0 aromatic heterocycles. The van der Waals surface area contributed by atoms with Crippen molar-refractivity contribution in [2.24, 2.45) is 0 Å². The Morgan fingerprint density at radius 2 is 1.40 bits per heavy atom. The van der Waals surface area contributed by atoms with E-state index in [0.29, 0.717) is 0 Å². The Labute approximate surface area is 131 Å². The molecule has 0 atom stereocenters. The predicted octanol–water partition coefficient (Wildman–Crippen LogP) is 3.51. The molecular formula is C16H33N3Zr. The summed E-state index contributed by atoms with van der Waals surface area (Å²) in [5.41, 5.74) is 1.57. The SMILES string of the molecule is CCC[NH][Zr]([NH]CCC)([NH]CCC)[C]1=C(CC)C=CC1. The van der Waals surface area contributed by atoms with Gasteiger partial charge in [0, 0.05) is 0 Å². The molecule has 0 fully saturated rings. The van der Waals surface area contributed by atoms with E-state index >= 15 is 0 Å². The Bertz CT molecular complexity index is 315. The zero-order valence-corrected chi connectivity index (χ0v) is 16.3. The zero-order chi connectivity index (χ0) is 14.8. The Balaban J connectivity index is 2.99. The molecule has 0 aromatic rings. The molecule has 0 spiro atoms. The van der Waals surface area contributed by atoms with E-state index < -0.39 is 21.1 Å². The summed E-state index contributed by atoms with van der Waals surface area (Å²) in [6.45, 7) is 12.4. The molecule has 3 N–H and O–H groups in total. The van der Waals surface area contributed by atoms with Crippen LogP contribution in [0.25, 0.3) is 0 Å². The standard InChI is InChI=1S/C7H9.3C3H8N.Zr/c1-2-7-5-3-4-6-7;3*1-2-3-4;/h3,5H,2,4H2,1H3;3*4H,2-3H2,1H3;/q;3*-1;+3. The first-order chi connectivity index (χ1) is 9.74. The summed E-state index contributed by atoms with van der Waals surface area (Å²) >= 11 is -2.82. The Morgan fingerprint density at radius 3 is 1.80 bits per heavy atom. The molecule has 0 bridgehead atoms. The predicted molar refractivity (Wildman–Crippen MR) is 86.0 cm³/mol. The molecule has 1 aliphatic carbocycles. The van der Waals surface area contributed by atoms with Gasteiger partial charge in [-0.15, -0.1) is 0 Å². The number of nitrogens with one attached hydrogen (secondary N) is 3. The first kappa shape index (κ1) is 18.3. The molecule has 0 amide bonds. The zero-order valence-electron chi connectivity index (χ0n) is 13.8. The third-order valence-electron chi connectivity index (χ3n) is 3.78. The van der Waals surface area contributed by atoms with Gasteiger partial charge in [-0.25, -0.2) is 0 Å². The van der Waals surface area contributed by atoms with E-state index in [0.717, 1.165) is 32.5 Å². The van der Waals surface area contributed by atoms with Crippen LogP contribution in [0.3, 0.4) is 0 Å². The molecule has 1 aliphatic rings. The summed E-state index contributed by atoms with van der Waals surface area (Å²) < 4.78 is 13.5. The maximum atomic E-state index is 3.95. The van der Waals surface area contributed by atoms with Gasteiger partial charge in [0.05, 0.1) is 0 Å². The fraction of sp³-hybridized carbons (Fsp3) is 0.750. The van der Waals surface area contributed by atoms with Crippen molar-refractivity contribution in [3.63, 3.8) is 0 Å². The van der Waals surface area contributed by atoms with Crippen LogP contribution >= 0.6 is 0 Å². The summed E-state index contributed by atoms with van der Waals surface area (Å²) in [4.78, 5) is 0. The van der Waals surface area contributed by atoms with Gasteiger partial charge in [0.25, 0.3) is 0 Å². The number of allylic oxidation sites excluding steroid dienone is 4. The van der Waals surface area contributed by atoms with Crippen LogP contribution in [-0.2, 0) is 21.1 Å². The van der Waals surface area contributed by atoms with E-state index in [9.17, 15) is 0 Å². The van der Waals surface area contributed by atoms with Crippen LogP contribution in [0.15, 0.2) is 21.0 Å². The molecule has 0 heterocycles. The number of hydrogen-bond acceptors (Lipinski definition) is 3. The Morgan fingerprint density at radius 1 is 0.900 bits per heavy atom. The topological polar surface area (TPSA) is 36.1 Å². The van der Waals surface area contributed by atoms with Crippen molar-refractivity contribution < 1.29 is 21.1 Å². The minimum absolute atomic E-state index is 1.12. The van der Waals surface area contributed by atoms with Crippen molar-refractivity contribution in [2.45, 2.75) is 59.8 Å². The van der Waals surface area contributed by atoms with Gasteiger partial charge in [-0.1, -0.05) is 0 Å². The van der Waals surface area contributed by atoms with Gasteiger partial charge in [-0.3, -0.25) is 0 Å². The average molecular weight is 359 g/mol. The van der Waals surface area contributed by atoms with E-state index in [1.54, 1.807) is 8.85 Å². The molecule has 0 saturated carbocycles. The first-order valence-corrected chi connectivity index (χ1v) is 13.3. The van der Waals surface area contributed by atoms with Crippen LogP contribution in [0.4, 0.5) is 0 Å². The van der Waals surface area contributed by atoms with Crippen LogP contribution in [-0.4, -0.2) is 19.6 Å². The third-order valence-corrected chi connectivity index (χ3v) is 13.1. The summed E-state index contributed by atoms with van der Waals surface area (Å²) in [7, 11) is 0. The molecule has 20 heavy (non-hydrogen) atoms. The summed E-state index contributed by atoms with van der Waals surface area (Å²) in [5.74, 6) is 0. The molecule has 0 saturated heterocycles. The van der Waals surface area contributed by atoms with Crippen molar-refractivity contribution in [2.75, 3.05) is 19.6 Å². The normalized spacial score (nSPS) is 15.4. The van der Waals surface area contributed by atoms with Crippen molar-refractivity contribution in [1.29, 1.82) is 0 Å². The van der Waals surface area contributed by atoms with Crippen molar-refractivity contribution in [1.82, 2.24) is 9.78 Å². The Hall–Kier alpha value is 0.243. The van der Waals surface area contributed by atoms with Crippen LogP contribution in [0.5, 0.6) is 0 Å². The average Bonchev–Trinajstić information content (AvgIpc) is 2.96. The van der Waals surface area contributed by atoms with Gasteiger partial charge >= 0.3 is 131 Å². The second-order valence-electron chi connectivity index (χ2n) is 5.49. The second kappa shape index (κ2) is 10.1. The summed E-state index contributed by atoms with van der Waals surface area (Å²) in [6, 6.07) is 0.